The number of likely N-dealkylation sites (tertiary alicyclic amines) is 1. The average Bonchev–Trinajstić information content (AvgIpc) is 3.37. The van der Waals surface area contributed by atoms with Gasteiger partial charge in [-0.25, -0.2) is 18.8 Å². The molecule has 7 rings (SSSR count). The zero-order valence-corrected chi connectivity index (χ0v) is 30.7. The number of alkyl halides is 1. The number of aliphatic imine (C=N–C) groups is 1. The number of thioether (sulfide) groups is 1. The summed E-state index contributed by atoms with van der Waals surface area (Å²) in [5.74, 6) is -0.897. The number of fused-ring (bicyclic) bond motifs is 1. The molecule has 49 heavy (non-hydrogen) atoms. The molecule has 0 unspecified atom stereocenters. The van der Waals surface area contributed by atoms with Crippen LogP contribution >= 0.6 is 35.0 Å². The lowest BCUT2D eigenvalue weighted by Gasteiger charge is -2.43. The number of amides is 2. The Labute approximate surface area is 300 Å². The van der Waals surface area contributed by atoms with Gasteiger partial charge in [0, 0.05) is 48.5 Å². The molecule has 8 nitrogen and oxygen atoms in total. The van der Waals surface area contributed by atoms with Gasteiger partial charge in [0.25, 0.3) is 5.91 Å². The molecule has 1 aliphatic carbocycles. The quantitative estimate of drug-likeness (QED) is 0.307. The van der Waals surface area contributed by atoms with Gasteiger partial charge in [0.1, 0.15) is 33.6 Å². The van der Waals surface area contributed by atoms with E-state index in [1.54, 1.807) is 18.3 Å². The Morgan fingerprint density at radius 2 is 1.88 bits per heavy atom. The van der Waals surface area contributed by atoms with Crippen LogP contribution in [0.1, 0.15) is 77.5 Å². The van der Waals surface area contributed by atoms with Crippen molar-refractivity contribution < 1.29 is 18.4 Å². The fourth-order valence-electron chi connectivity index (χ4n) is 8.01. The predicted molar refractivity (Wildman–Crippen MR) is 189 cm³/mol. The van der Waals surface area contributed by atoms with Crippen LogP contribution in [0.15, 0.2) is 52.1 Å². The van der Waals surface area contributed by atoms with Crippen molar-refractivity contribution in [3.05, 3.63) is 74.3 Å². The van der Waals surface area contributed by atoms with Gasteiger partial charge in [0.15, 0.2) is 5.17 Å². The maximum Gasteiger partial charge on any atom is 0.263 e. The summed E-state index contributed by atoms with van der Waals surface area (Å²) in [7, 11) is 0. The molecule has 5 heterocycles. The van der Waals surface area contributed by atoms with Crippen LogP contribution in [0, 0.1) is 17.7 Å². The normalized spacial score (nSPS) is 29.0. The number of amidine groups is 1. The minimum atomic E-state index is -1.31. The summed E-state index contributed by atoms with van der Waals surface area (Å²) >= 11 is 13.5. The SMILES string of the molecule is CC(C)C[C@@H]1CNC2(CC2)CN1C(=O)[C@@H]1C[C@@H](F)CN1C(=O)C1=C(C(C)C)N2C(=N[C@@](C)(c3ccc(Cl)nc3)[C@H]2c2ccc(Cl)c(F)c2)S1. The number of rotatable bonds is 7. The molecule has 3 fully saturated rings. The molecule has 2 saturated heterocycles. The number of benzene rings is 1. The molecular formula is C36H42Cl2F2N6O2S. The molecule has 1 saturated carbocycles. The van der Waals surface area contributed by atoms with Crippen molar-refractivity contribution in [2.75, 3.05) is 19.6 Å². The highest BCUT2D eigenvalue weighted by Gasteiger charge is 2.56. The van der Waals surface area contributed by atoms with E-state index in [2.05, 4.69) is 24.1 Å². The van der Waals surface area contributed by atoms with Crippen LogP contribution in [-0.2, 0) is 15.1 Å². The summed E-state index contributed by atoms with van der Waals surface area (Å²) in [6, 6.07) is 6.78. The summed E-state index contributed by atoms with van der Waals surface area (Å²) in [5.41, 5.74) is 1.09. The van der Waals surface area contributed by atoms with Gasteiger partial charge in [-0.05, 0) is 73.5 Å². The number of halogens is 4. The molecule has 1 aromatic carbocycles. The zero-order chi connectivity index (χ0) is 35.0. The highest BCUT2D eigenvalue weighted by atomic mass is 35.5. The van der Waals surface area contributed by atoms with Crippen LogP contribution in [-0.4, -0.2) is 80.1 Å². The molecule has 1 N–H and O–H groups in total. The minimum Gasteiger partial charge on any atom is -0.335 e. The number of pyridine rings is 1. The molecule has 5 aliphatic rings. The maximum atomic E-state index is 15.3. The molecule has 13 heteroatoms. The number of carbonyl (C=O) groups is 2. The molecule has 4 aliphatic heterocycles. The van der Waals surface area contributed by atoms with Gasteiger partial charge in [-0.2, -0.15) is 0 Å². The molecule has 5 atom stereocenters. The van der Waals surface area contributed by atoms with E-state index in [1.807, 2.05) is 36.6 Å². The van der Waals surface area contributed by atoms with E-state index in [9.17, 15) is 9.59 Å². The van der Waals surface area contributed by atoms with E-state index >= 15 is 8.78 Å². The lowest BCUT2D eigenvalue weighted by atomic mass is 9.81. The number of aromatic nitrogens is 1. The zero-order valence-electron chi connectivity index (χ0n) is 28.4. The summed E-state index contributed by atoms with van der Waals surface area (Å²) in [6.45, 7) is 11.3. The lowest BCUT2D eigenvalue weighted by Crippen LogP contribution is -2.63. The molecule has 262 valence electrons. The Kier molecular flexibility index (Phi) is 9.06. The molecule has 1 aromatic heterocycles. The largest absolute Gasteiger partial charge is 0.335 e. The smallest absolute Gasteiger partial charge is 0.263 e. The lowest BCUT2D eigenvalue weighted by molar-refractivity contribution is -0.145. The fourth-order valence-corrected chi connectivity index (χ4v) is 9.60. The molecular weight excluding hydrogens is 689 g/mol. The molecule has 1 spiro atoms. The van der Waals surface area contributed by atoms with E-state index in [1.165, 1.54) is 28.8 Å². The highest BCUT2D eigenvalue weighted by Crippen LogP contribution is 2.56. The first-order valence-electron chi connectivity index (χ1n) is 17.1. The summed E-state index contributed by atoms with van der Waals surface area (Å²) in [6.07, 6.45) is 3.18. The third-order valence-corrected chi connectivity index (χ3v) is 12.2. The van der Waals surface area contributed by atoms with Gasteiger partial charge < -0.3 is 20.0 Å². The number of hydrogen-bond acceptors (Lipinski definition) is 7. The van der Waals surface area contributed by atoms with Crippen LogP contribution in [0.4, 0.5) is 8.78 Å². The van der Waals surface area contributed by atoms with Gasteiger partial charge in [-0.15, -0.1) is 0 Å². The Hall–Kier alpha value is -2.73. The van der Waals surface area contributed by atoms with Gasteiger partial charge in [-0.1, -0.05) is 63.0 Å². The second-order valence-corrected chi connectivity index (χ2v) is 16.8. The van der Waals surface area contributed by atoms with Crippen LogP contribution in [0.5, 0.6) is 0 Å². The summed E-state index contributed by atoms with van der Waals surface area (Å²) in [4.78, 5) is 44.3. The predicted octanol–water partition coefficient (Wildman–Crippen LogP) is 7.09. The third kappa shape index (κ3) is 6.16. The van der Waals surface area contributed by atoms with Crippen molar-refractivity contribution >= 4 is 51.9 Å². The van der Waals surface area contributed by atoms with E-state index in [0.717, 1.165) is 24.8 Å². The monoisotopic (exact) mass is 730 g/mol. The number of carbonyl (C=O) groups excluding carboxylic acids is 2. The highest BCUT2D eigenvalue weighted by molar-refractivity contribution is 8.18. The number of piperazine rings is 1. The Morgan fingerprint density at radius 3 is 2.51 bits per heavy atom. The number of allylic oxidation sites excluding steroid dienone is 1. The Morgan fingerprint density at radius 1 is 1.12 bits per heavy atom. The Balaban J connectivity index is 1.25. The first kappa shape index (κ1) is 34.7. The molecule has 2 aromatic rings. The van der Waals surface area contributed by atoms with E-state index in [-0.39, 0.29) is 47.3 Å². The van der Waals surface area contributed by atoms with Crippen molar-refractivity contribution in [3.63, 3.8) is 0 Å². The van der Waals surface area contributed by atoms with Gasteiger partial charge in [0.05, 0.1) is 17.6 Å². The summed E-state index contributed by atoms with van der Waals surface area (Å²) < 4.78 is 30.4. The third-order valence-electron chi connectivity index (χ3n) is 10.6. The topological polar surface area (TPSA) is 81.1 Å². The van der Waals surface area contributed by atoms with Crippen molar-refractivity contribution in [1.82, 2.24) is 25.0 Å². The van der Waals surface area contributed by atoms with Crippen molar-refractivity contribution in [2.45, 2.75) is 95.7 Å². The molecule has 2 amide bonds. The van der Waals surface area contributed by atoms with Gasteiger partial charge >= 0.3 is 0 Å². The van der Waals surface area contributed by atoms with Crippen molar-refractivity contribution in [1.29, 1.82) is 0 Å². The maximum absolute atomic E-state index is 15.3. The first-order valence-corrected chi connectivity index (χ1v) is 18.7. The second kappa shape index (κ2) is 12.8. The van der Waals surface area contributed by atoms with Crippen LogP contribution in [0.25, 0.3) is 0 Å². The van der Waals surface area contributed by atoms with Crippen LogP contribution < -0.4 is 5.32 Å². The number of nitrogens with zero attached hydrogens (tertiary/aromatic N) is 5. The minimum absolute atomic E-state index is 0.00212. The first-order chi connectivity index (χ1) is 23.2. The number of hydrogen-bond donors (Lipinski definition) is 1. The standard InChI is InChI=1S/C36H42Cl2F2N6O2S/c1-19(2)12-24-16-42-36(10-11-36)18-45(24)32(47)27-14-23(39)17-44(27)33(48)30-29(20(3)4)46-31(21-6-8-25(37)26(40)13-21)35(5,43-34(46)49-30)22-7-9-28(38)41-15-22/h6-9,13,15,19-20,23-24,27,31,42H,10-12,14,16-18H2,1-5H3/t23-,24-,27+,31-,35+/m1/s1. The van der Waals surface area contributed by atoms with Crippen molar-refractivity contribution in [3.8, 4) is 0 Å². The van der Waals surface area contributed by atoms with Crippen LogP contribution in [0.3, 0.4) is 0 Å². The second-order valence-electron chi connectivity index (χ2n) is 15.0. The molecule has 0 radical (unpaired) electrons. The van der Waals surface area contributed by atoms with Gasteiger partial charge in [0.2, 0.25) is 5.91 Å². The van der Waals surface area contributed by atoms with E-state index in [0.29, 0.717) is 45.5 Å². The Bertz CT molecular complexity index is 1730. The summed E-state index contributed by atoms with van der Waals surface area (Å²) in [5, 5.41) is 4.56. The number of nitrogens with one attached hydrogen (secondary N) is 1. The van der Waals surface area contributed by atoms with Gasteiger partial charge in [-0.3, -0.25) is 9.59 Å². The molecule has 0 bridgehead atoms. The fraction of sp³-hybridized carbons (Fsp3) is 0.556. The van der Waals surface area contributed by atoms with Crippen LogP contribution in [0.2, 0.25) is 10.2 Å². The average molecular weight is 732 g/mol. The van der Waals surface area contributed by atoms with E-state index < -0.39 is 29.6 Å². The van der Waals surface area contributed by atoms with E-state index in [4.69, 9.17) is 28.2 Å². The van der Waals surface area contributed by atoms with Crippen molar-refractivity contribution in [2.24, 2.45) is 16.8 Å².